The third-order valence-corrected chi connectivity index (χ3v) is 4.74. The molecular formula is C20H17F3N4O2. The Balaban J connectivity index is 2.28. The highest BCUT2D eigenvalue weighted by atomic mass is 19.4. The first-order valence-electron chi connectivity index (χ1n) is 8.70. The van der Waals surface area contributed by atoms with Gasteiger partial charge in [-0.1, -0.05) is 0 Å². The molecule has 0 saturated heterocycles. The average molecular weight is 402 g/mol. The van der Waals surface area contributed by atoms with Crippen LogP contribution in [0.5, 0.6) is 11.5 Å². The fraction of sp³-hybridized carbons (Fsp3) is 0.250. The number of rotatable bonds is 3. The highest BCUT2D eigenvalue weighted by molar-refractivity contribution is 5.89. The first kappa shape index (κ1) is 19.0. The molecule has 3 aromatic heterocycles. The molecule has 0 N–H and O–H groups in total. The van der Waals surface area contributed by atoms with E-state index in [9.17, 15) is 13.2 Å². The lowest BCUT2D eigenvalue weighted by molar-refractivity contribution is -0.139. The zero-order valence-electron chi connectivity index (χ0n) is 16.1. The van der Waals surface area contributed by atoms with Gasteiger partial charge in [-0.25, -0.2) is 9.97 Å². The minimum Gasteiger partial charge on any atom is -0.497 e. The van der Waals surface area contributed by atoms with Crippen molar-refractivity contribution in [3.8, 4) is 22.9 Å². The van der Waals surface area contributed by atoms with Crippen LogP contribution in [0.3, 0.4) is 0 Å². The summed E-state index contributed by atoms with van der Waals surface area (Å²) in [6, 6.07) is 6.61. The summed E-state index contributed by atoms with van der Waals surface area (Å²) in [5.74, 6) is 0.946. The summed E-state index contributed by atoms with van der Waals surface area (Å²) in [4.78, 5) is 12.6. The number of imidazole rings is 1. The molecule has 0 radical (unpaired) electrons. The Bertz CT molecular complexity index is 1250. The van der Waals surface area contributed by atoms with Gasteiger partial charge >= 0.3 is 6.18 Å². The predicted molar refractivity (Wildman–Crippen MR) is 101 cm³/mol. The number of hydrogen-bond acceptors (Lipinski definition) is 5. The SMILES string of the molecule is COc1cc(OC)c2nc(C)c3c(C(F)(F)F)nc(-c4cccnc4C)n3c2c1. The van der Waals surface area contributed by atoms with E-state index in [2.05, 4.69) is 15.0 Å². The van der Waals surface area contributed by atoms with E-state index in [0.717, 1.165) is 0 Å². The summed E-state index contributed by atoms with van der Waals surface area (Å²) >= 11 is 0. The fourth-order valence-corrected chi connectivity index (χ4v) is 3.43. The molecular weight excluding hydrogens is 385 g/mol. The second kappa shape index (κ2) is 6.61. The largest absolute Gasteiger partial charge is 0.497 e. The van der Waals surface area contributed by atoms with Crippen LogP contribution in [0.4, 0.5) is 13.2 Å². The average Bonchev–Trinajstić information content (AvgIpc) is 3.09. The monoisotopic (exact) mass is 402 g/mol. The minimum absolute atomic E-state index is 0.112. The molecule has 4 rings (SSSR count). The van der Waals surface area contributed by atoms with E-state index in [-0.39, 0.29) is 17.0 Å². The van der Waals surface area contributed by atoms with Crippen molar-refractivity contribution in [1.82, 2.24) is 19.4 Å². The van der Waals surface area contributed by atoms with Gasteiger partial charge in [-0.2, -0.15) is 13.2 Å². The first-order valence-corrected chi connectivity index (χ1v) is 8.70. The van der Waals surface area contributed by atoms with Crippen LogP contribution in [-0.4, -0.2) is 33.6 Å². The molecule has 29 heavy (non-hydrogen) atoms. The molecule has 0 saturated carbocycles. The number of hydrogen-bond donors (Lipinski definition) is 0. The number of aryl methyl sites for hydroxylation is 2. The van der Waals surface area contributed by atoms with E-state index in [1.807, 2.05) is 0 Å². The zero-order chi connectivity index (χ0) is 20.9. The molecule has 0 amide bonds. The Morgan fingerprint density at radius 1 is 1.00 bits per heavy atom. The highest BCUT2D eigenvalue weighted by Gasteiger charge is 2.38. The molecule has 0 atom stereocenters. The Kier molecular flexibility index (Phi) is 4.33. The van der Waals surface area contributed by atoms with Gasteiger partial charge in [-0.15, -0.1) is 0 Å². The number of methoxy groups -OCH3 is 2. The third-order valence-electron chi connectivity index (χ3n) is 4.74. The summed E-state index contributed by atoms with van der Waals surface area (Å²) in [7, 11) is 2.94. The molecule has 150 valence electrons. The van der Waals surface area contributed by atoms with E-state index in [1.54, 1.807) is 37.4 Å². The van der Waals surface area contributed by atoms with Crippen LogP contribution in [0.15, 0.2) is 30.5 Å². The van der Waals surface area contributed by atoms with Gasteiger partial charge < -0.3 is 9.47 Å². The molecule has 0 bridgehead atoms. The van der Waals surface area contributed by atoms with Crippen molar-refractivity contribution >= 4 is 16.6 Å². The number of fused-ring (bicyclic) bond motifs is 3. The van der Waals surface area contributed by atoms with Crippen LogP contribution in [0.25, 0.3) is 27.9 Å². The first-order chi connectivity index (χ1) is 13.8. The van der Waals surface area contributed by atoms with Gasteiger partial charge in [0.2, 0.25) is 0 Å². The number of ether oxygens (including phenoxy) is 2. The maximum absolute atomic E-state index is 13.8. The summed E-state index contributed by atoms with van der Waals surface area (Å²) in [5.41, 5.74) is 0.934. The fourth-order valence-electron chi connectivity index (χ4n) is 3.43. The van der Waals surface area contributed by atoms with E-state index in [1.165, 1.54) is 25.5 Å². The van der Waals surface area contributed by atoms with Crippen molar-refractivity contribution in [2.75, 3.05) is 14.2 Å². The Morgan fingerprint density at radius 2 is 1.76 bits per heavy atom. The smallest absolute Gasteiger partial charge is 0.435 e. The predicted octanol–water partition coefficient (Wildman–Crippen LogP) is 4.60. The summed E-state index contributed by atoms with van der Waals surface area (Å²) in [6.07, 6.45) is -3.07. The van der Waals surface area contributed by atoms with Crippen molar-refractivity contribution < 1.29 is 22.6 Å². The molecule has 0 aliphatic heterocycles. The third kappa shape index (κ3) is 2.93. The minimum atomic E-state index is -4.65. The van der Waals surface area contributed by atoms with Crippen molar-refractivity contribution in [1.29, 1.82) is 0 Å². The Hall–Kier alpha value is -3.36. The van der Waals surface area contributed by atoms with Gasteiger partial charge in [0.1, 0.15) is 22.8 Å². The van der Waals surface area contributed by atoms with Crippen molar-refractivity contribution in [3.63, 3.8) is 0 Å². The van der Waals surface area contributed by atoms with E-state index in [4.69, 9.17) is 9.47 Å². The normalized spacial score (nSPS) is 12.0. The Labute approximate surface area is 163 Å². The topological polar surface area (TPSA) is 61.5 Å². The lowest BCUT2D eigenvalue weighted by Gasteiger charge is -2.13. The standard InChI is InChI=1S/C20H17F3N4O2/c1-10-13(6-5-7-24-10)19-26-18(20(21,22)23)17-11(2)25-16-14(27(17)19)8-12(28-3)9-15(16)29-4/h5-9H,1-4H3. The summed E-state index contributed by atoms with van der Waals surface area (Å²) < 4.78 is 53.7. The van der Waals surface area contributed by atoms with Gasteiger partial charge in [0.15, 0.2) is 5.69 Å². The molecule has 0 spiro atoms. The maximum Gasteiger partial charge on any atom is 0.435 e. The van der Waals surface area contributed by atoms with Crippen molar-refractivity contribution in [3.05, 3.63) is 47.5 Å². The van der Waals surface area contributed by atoms with E-state index in [0.29, 0.717) is 33.8 Å². The maximum atomic E-state index is 13.8. The lowest BCUT2D eigenvalue weighted by atomic mass is 10.2. The van der Waals surface area contributed by atoms with Crippen LogP contribution in [0, 0.1) is 13.8 Å². The summed E-state index contributed by atoms with van der Waals surface area (Å²) in [6.45, 7) is 3.25. The van der Waals surface area contributed by atoms with Crippen LogP contribution in [-0.2, 0) is 6.18 Å². The molecule has 0 fully saturated rings. The van der Waals surface area contributed by atoms with Gasteiger partial charge in [0.05, 0.1) is 30.9 Å². The number of alkyl halides is 3. The molecule has 6 nitrogen and oxygen atoms in total. The number of nitrogens with zero attached hydrogens (tertiary/aromatic N) is 4. The molecule has 0 aliphatic rings. The second-order valence-corrected chi connectivity index (χ2v) is 6.50. The Morgan fingerprint density at radius 3 is 2.38 bits per heavy atom. The van der Waals surface area contributed by atoms with Crippen molar-refractivity contribution in [2.45, 2.75) is 20.0 Å². The van der Waals surface area contributed by atoms with E-state index >= 15 is 0 Å². The van der Waals surface area contributed by atoms with Crippen LogP contribution < -0.4 is 9.47 Å². The van der Waals surface area contributed by atoms with Crippen molar-refractivity contribution in [2.24, 2.45) is 0 Å². The number of pyridine rings is 1. The molecule has 0 unspecified atom stereocenters. The summed E-state index contributed by atoms with van der Waals surface area (Å²) in [5, 5.41) is 0. The molecule has 0 aliphatic carbocycles. The molecule has 9 heteroatoms. The van der Waals surface area contributed by atoms with Gasteiger partial charge in [0, 0.05) is 29.6 Å². The molecule has 1 aromatic carbocycles. The van der Waals surface area contributed by atoms with Crippen LogP contribution >= 0.6 is 0 Å². The van der Waals surface area contributed by atoms with Crippen LogP contribution in [0.2, 0.25) is 0 Å². The van der Waals surface area contributed by atoms with Gasteiger partial charge in [0.25, 0.3) is 0 Å². The number of halogens is 3. The van der Waals surface area contributed by atoms with Gasteiger partial charge in [-0.05, 0) is 26.0 Å². The lowest BCUT2D eigenvalue weighted by Crippen LogP contribution is -2.08. The second-order valence-electron chi connectivity index (χ2n) is 6.50. The number of aromatic nitrogens is 4. The molecule has 3 heterocycles. The van der Waals surface area contributed by atoms with Gasteiger partial charge in [-0.3, -0.25) is 9.38 Å². The molecule has 4 aromatic rings. The number of benzene rings is 1. The van der Waals surface area contributed by atoms with Crippen LogP contribution in [0.1, 0.15) is 17.1 Å². The van der Waals surface area contributed by atoms with E-state index < -0.39 is 11.9 Å². The quantitative estimate of drug-likeness (QED) is 0.501. The zero-order valence-corrected chi connectivity index (χ0v) is 16.1. The highest BCUT2D eigenvalue weighted by Crippen LogP contribution is 2.40.